The molecule has 1 aromatic rings. The third-order valence-corrected chi connectivity index (χ3v) is 2.59. The summed E-state index contributed by atoms with van der Waals surface area (Å²) in [5, 5.41) is 10.5. The quantitative estimate of drug-likeness (QED) is 0.485. The van der Waals surface area contributed by atoms with Crippen LogP contribution in [-0.4, -0.2) is 18.0 Å². The van der Waals surface area contributed by atoms with Gasteiger partial charge in [0, 0.05) is 0 Å². The van der Waals surface area contributed by atoms with Gasteiger partial charge in [-0.05, 0) is 19.9 Å². The molecular formula is C10H14N2O5. The average Bonchev–Trinajstić information content (AvgIpc) is 2.75. The third-order valence-electron chi connectivity index (χ3n) is 2.59. The molecule has 0 aromatic carbocycles. The largest absolute Gasteiger partial charge is 0.469 e. The van der Waals surface area contributed by atoms with Crippen LogP contribution in [0.25, 0.3) is 0 Å². The molecule has 0 aliphatic carbocycles. The fourth-order valence-corrected chi connectivity index (χ4v) is 1.35. The van der Waals surface area contributed by atoms with Crippen molar-refractivity contribution in [3.8, 4) is 0 Å². The number of carbonyl (C=O) groups excluding carboxylic acids is 1. The first-order valence-electron chi connectivity index (χ1n) is 4.88. The van der Waals surface area contributed by atoms with Crippen molar-refractivity contribution in [2.24, 2.45) is 11.1 Å². The SMILES string of the molecule is COC(=O)C(C)(C)[C@@H](N)c1ccc([N+](=O)[O-])o1. The predicted octanol–water partition coefficient (Wildman–Crippen LogP) is 1.39. The van der Waals surface area contributed by atoms with Gasteiger partial charge in [-0.25, -0.2) is 0 Å². The van der Waals surface area contributed by atoms with Gasteiger partial charge in [-0.2, -0.15) is 0 Å². The number of hydrogen-bond acceptors (Lipinski definition) is 6. The molecular weight excluding hydrogens is 228 g/mol. The van der Waals surface area contributed by atoms with E-state index in [1.807, 2.05) is 0 Å². The van der Waals surface area contributed by atoms with Crippen LogP contribution in [-0.2, 0) is 9.53 Å². The molecule has 1 rings (SSSR count). The number of carbonyl (C=O) groups is 1. The average molecular weight is 242 g/mol. The van der Waals surface area contributed by atoms with Gasteiger partial charge in [0.15, 0.2) is 0 Å². The second-order valence-corrected chi connectivity index (χ2v) is 4.12. The van der Waals surface area contributed by atoms with Crippen molar-refractivity contribution in [3.05, 3.63) is 28.0 Å². The minimum atomic E-state index is -1.03. The minimum Gasteiger partial charge on any atom is -0.469 e. The molecule has 0 spiro atoms. The lowest BCUT2D eigenvalue weighted by Crippen LogP contribution is -2.37. The summed E-state index contributed by atoms with van der Waals surface area (Å²) < 4.78 is 9.57. The van der Waals surface area contributed by atoms with Gasteiger partial charge in [0.25, 0.3) is 0 Å². The fraction of sp³-hybridized carbons (Fsp3) is 0.500. The van der Waals surface area contributed by atoms with Gasteiger partial charge in [0.1, 0.15) is 10.7 Å². The monoisotopic (exact) mass is 242 g/mol. The van der Waals surface area contributed by atoms with E-state index in [1.165, 1.54) is 19.2 Å². The normalized spacial score (nSPS) is 13.2. The van der Waals surface area contributed by atoms with Crippen LogP contribution < -0.4 is 5.73 Å². The van der Waals surface area contributed by atoms with E-state index < -0.39 is 28.2 Å². The second-order valence-electron chi connectivity index (χ2n) is 4.12. The first-order valence-corrected chi connectivity index (χ1v) is 4.88. The molecule has 0 saturated carbocycles. The fourth-order valence-electron chi connectivity index (χ4n) is 1.35. The van der Waals surface area contributed by atoms with Crippen LogP contribution in [0.4, 0.5) is 5.88 Å². The van der Waals surface area contributed by atoms with E-state index >= 15 is 0 Å². The summed E-state index contributed by atoms with van der Waals surface area (Å²) in [6, 6.07) is 1.76. The second kappa shape index (κ2) is 4.54. The zero-order valence-corrected chi connectivity index (χ0v) is 9.80. The lowest BCUT2D eigenvalue weighted by molar-refractivity contribution is -0.402. The molecule has 0 aliphatic rings. The Labute approximate surface area is 97.7 Å². The standard InChI is InChI=1S/C10H14N2O5/c1-10(2,9(13)16-3)8(11)6-4-5-7(17-6)12(14)15/h4-5,8H,11H2,1-3H3/t8-/m0/s1. The van der Waals surface area contributed by atoms with Crippen LogP contribution in [0.2, 0.25) is 0 Å². The van der Waals surface area contributed by atoms with Crippen LogP contribution >= 0.6 is 0 Å². The van der Waals surface area contributed by atoms with E-state index in [0.717, 1.165) is 0 Å². The van der Waals surface area contributed by atoms with Crippen LogP contribution in [0.1, 0.15) is 25.6 Å². The summed E-state index contributed by atoms with van der Waals surface area (Å²) in [7, 11) is 1.25. The molecule has 0 aliphatic heterocycles. The summed E-state index contributed by atoms with van der Waals surface area (Å²) in [6.45, 7) is 3.16. The molecule has 94 valence electrons. The number of furan rings is 1. The Balaban J connectivity index is 2.99. The number of nitro groups is 1. The highest BCUT2D eigenvalue weighted by Gasteiger charge is 2.38. The van der Waals surface area contributed by atoms with Crippen molar-refractivity contribution in [3.63, 3.8) is 0 Å². The van der Waals surface area contributed by atoms with Crippen molar-refractivity contribution in [2.75, 3.05) is 7.11 Å². The Kier molecular flexibility index (Phi) is 3.52. The van der Waals surface area contributed by atoms with Gasteiger partial charge in [0.05, 0.1) is 24.6 Å². The van der Waals surface area contributed by atoms with E-state index in [0.29, 0.717) is 0 Å². The highest BCUT2D eigenvalue weighted by molar-refractivity contribution is 5.76. The molecule has 0 bridgehead atoms. The highest BCUT2D eigenvalue weighted by Crippen LogP contribution is 2.34. The molecule has 1 aromatic heterocycles. The number of nitrogens with zero attached hydrogens (tertiary/aromatic N) is 1. The molecule has 17 heavy (non-hydrogen) atoms. The molecule has 0 unspecified atom stereocenters. The zero-order valence-electron chi connectivity index (χ0n) is 9.80. The number of nitrogens with two attached hydrogens (primary N) is 1. The maximum atomic E-state index is 11.5. The number of methoxy groups -OCH3 is 1. The van der Waals surface area contributed by atoms with Gasteiger partial charge >= 0.3 is 11.9 Å². The topological polar surface area (TPSA) is 109 Å². The maximum Gasteiger partial charge on any atom is 0.433 e. The van der Waals surface area contributed by atoms with Crippen LogP contribution in [0.3, 0.4) is 0 Å². The summed E-state index contributed by atoms with van der Waals surface area (Å²) >= 11 is 0. The molecule has 0 fully saturated rings. The Morgan fingerprint density at radius 1 is 1.59 bits per heavy atom. The van der Waals surface area contributed by atoms with Gasteiger partial charge in [-0.3, -0.25) is 14.9 Å². The summed E-state index contributed by atoms with van der Waals surface area (Å²) in [5.74, 6) is -0.743. The van der Waals surface area contributed by atoms with Gasteiger partial charge < -0.3 is 14.9 Å². The van der Waals surface area contributed by atoms with Gasteiger partial charge in [0.2, 0.25) is 0 Å². The minimum absolute atomic E-state index is 0.173. The molecule has 0 amide bonds. The number of rotatable bonds is 4. The Bertz CT molecular complexity index is 438. The van der Waals surface area contributed by atoms with E-state index in [2.05, 4.69) is 4.74 Å². The van der Waals surface area contributed by atoms with E-state index in [4.69, 9.17) is 10.2 Å². The first-order chi connectivity index (χ1) is 7.80. The third kappa shape index (κ3) is 2.44. The lowest BCUT2D eigenvalue weighted by Gasteiger charge is -2.26. The van der Waals surface area contributed by atoms with Gasteiger partial charge in [-0.1, -0.05) is 0 Å². The predicted molar refractivity (Wildman–Crippen MR) is 58.1 cm³/mol. The van der Waals surface area contributed by atoms with Crippen molar-refractivity contribution < 1.29 is 18.9 Å². The Morgan fingerprint density at radius 2 is 2.18 bits per heavy atom. The molecule has 0 saturated heterocycles. The summed E-state index contributed by atoms with van der Waals surface area (Å²) in [5.41, 5.74) is 4.82. The lowest BCUT2D eigenvalue weighted by atomic mass is 9.83. The van der Waals surface area contributed by atoms with E-state index in [9.17, 15) is 14.9 Å². The molecule has 1 atom stereocenters. The molecule has 2 N–H and O–H groups in total. The molecule has 0 radical (unpaired) electrons. The van der Waals surface area contributed by atoms with Crippen LogP contribution in [0, 0.1) is 15.5 Å². The van der Waals surface area contributed by atoms with Crippen molar-refractivity contribution in [1.82, 2.24) is 0 Å². The van der Waals surface area contributed by atoms with E-state index in [1.54, 1.807) is 13.8 Å². The highest BCUT2D eigenvalue weighted by atomic mass is 16.6. The van der Waals surface area contributed by atoms with Crippen LogP contribution in [0.15, 0.2) is 16.5 Å². The van der Waals surface area contributed by atoms with Crippen LogP contribution in [0.5, 0.6) is 0 Å². The van der Waals surface area contributed by atoms with E-state index in [-0.39, 0.29) is 5.76 Å². The van der Waals surface area contributed by atoms with Crippen molar-refractivity contribution in [1.29, 1.82) is 0 Å². The number of esters is 1. The van der Waals surface area contributed by atoms with Gasteiger partial charge in [-0.15, -0.1) is 0 Å². The van der Waals surface area contributed by atoms with Crippen molar-refractivity contribution >= 4 is 11.9 Å². The Hall–Kier alpha value is -1.89. The number of hydrogen-bond donors (Lipinski definition) is 1. The summed E-state index contributed by atoms with van der Waals surface area (Å²) in [4.78, 5) is 21.3. The molecule has 7 heteroatoms. The zero-order chi connectivity index (χ0) is 13.2. The molecule has 1 heterocycles. The molecule has 7 nitrogen and oxygen atoms in total. The van der Waals surface area contributed by atoms with Crippen molar-refractivity contribution in [2.45, 2.75) is 19.9 Å². The smallest absolute Gasteiger partial charge is 0.433 e. The number of ether oxygens (including phenoxy) is 1. The summed E-state index contributed by atoms with van der Waals surface area (Å²) in [6.07, 6.45) is 0. The Morgan fingerprint density at radius 3 is 2.59 bits per heavy atom. The maximum absolute atomic E-state index is 11.5. The first kappa shape index (κ1) is 13.2.